The highest BCUT2D eigenvalue weighted by Crippen LogP contribution is 2.33. The van der Waals surface area contributed by atoms with E-state index in [9.17, 15) is 0 Å². The Morgan fingerprint density at radius 3 is 2.48 bits per heavy atom. The zero-order valence-electron chi connectivity index (χ0n) is 17.3. The molecule has 0 amide bonds. The summed E-state index contributed by atoms with van der Waals surface area (Å²) in [7, 11) is 3.28. The largest absolute Gasteiger partial charge is 0.493 e. The molecule has 1 aromatic carbocycles. The standard InChI is InChI=1S/C20H33BrN4O2/c1-7-22-20(24-17-12-25(13(2)3)11-14(17)4)23-10-15-8-18(26-5)19(27-6)9-16(15)21/h8-9,13-14,17H,7,10-12H2,1-6H3,(H2,22,23,24). The highest BCUT2D eigenvalue weighted by atomic mass is 79.9. The van der Waals surface area contributed by atoms with Gasteiger partial charge in [0.25, 0.3) is 0 Å². The fourth-order valence-corrected chi connectivity index (χ4v) is 3.74. The van der Waals surface area contributed by atoms with E-state index in [1.54, 1.807) is 14.2 Å². The van der Waals surface area contributed by atoms with Crippen molar-refractivity contribution in [2.45, 2.75) is 46.3 Å². The smallest absolute Gasteiger partial charge is 0.191 e. The highest BCUT2D eigenvalue weighted by molar-refractivity contribution is 9.10. The van der Waals surface area contributed by atoms with E-state index in [-0.39, 0.29) is 0 Å². The minimum Gasteiger partial charge on any atom is -0.493 e. The van der Waals surface area contributed by atoms with Crippen molar-refractivity contribution in [1.29, 1.82) is 0 Å². The first-order valence-corrected chi connectivity index (χ1v) is 10.4. The average molecular weight is 441 g/mol. The van der Waals surface area contributed by atoms with Crippen LogP contribution in [0, 0.1) is 5.92 Å². The van der Waals surface area contributed by atoms with Crippen LogP contribution in [0.4, 0.5) is 0 Å². The van der Waals surface area contributed by atoms with Crippen molar-refractivity contribution >= 4 is 21.9 Å². The number of aliphatic imine (C=N–C) groups is 1. The van der Waals surface area contributed by atoms with Crippen LogP contribution >= 0.6 is 15.9 Å². The number of hydrogen-bond acceptors (Lipinski definition) is 4. The van der Waals surface area contributed by atoms with Gasteiger partial charge in [-0.2, -0.15) is 0 Å². The Balaban J connectivity index is 2.12. The lowest BCUT2D eigenvalue weighted by Crippen LogP contribution is -2.46. The molecule has 2 unspecified atom stereocenters. The number of rotatable bonds is 7. The Bertz CT molecular complexity index is 651. The van der Waals surface area contributed by atoms with E-state index >= 15 is 0 Å². The lowest BCUT2D eigenvalue weighted by Gasteiger charge is -2.22. The second-order valence-corrected chi connectivity index (χ2v) is 8.12. The van der Waals surface area contributed by atoms with E-state index in [2.05, 4.69) is 59.2 Å². The fourth-order valence-electron chi connectivity index (χ4n) is 3.29. The molecule has 0 saturated carbocycles. The molecule has 2 N–H and O–H groups in total. The van der Waals surface area contributed by atoms with Crippen LogP contribution in [0.25, 0.3) is 0 Å². The van der Waals surface area contributed by atoms with Gasteiger partial charge in [0.2, 0.25) is 0 Å². The zero-order valence-corrected chi connectivity index (χ0v) is 18.9. The van der Waals surface area contributed by atoms with Crippen LogP contribution < -0.4 is 20.1 Å². The predicted molar refractivity (Wildman–Crippen MR) is 115 cm³/mol. The molecule has 0 radical (unpaired) electrons. The number of hydrogen-bond donors (Lipinski definition) is 2. The molecule has 152 valence electrons. The molecule has 1 fully saturated rings. The molecule has 2 atom stereocenters. The molecule has 1 aromatic rings. The van der Waals surface area contributed by atoms with Gasteiger partial charge in [0, 0.05) is 36.2 Å². The molecule has 27 heavy (non-hydrogen) atoms. The summed E-state index contributed by atoms with van der Waals surface area (Å²) in [5, 5.41) is 6.98. The van der Waals surface area contributed by atoms with Gasteiger partial charge in [-0.25, -0.2) is 4.99 Å². The molecule has 7 heteroatoms. The van der Waals surface area contributed by atoms with Crippen LogP contribution in [-0.4, -0.2) is 56.8 Å². The van der Waals surface area contributed by atoms with Gasteiger partial charge >= 0.3 is 0 Å². The summed E-state index contributed by atoms with van der Waals surface area (Å²) in [4.78, 5) is 7.30. The van der Waals surface area contributed by atoms with Crippen LogP contribution in [0.3, 0.4) is 0 Å². The van der Waals surface area contributed by atoms with E-state index in [1.807, 2.05) is 12.1 Å². The van der Waals surface area contributed by atoms with Gasteiger partial charge in [0.05, 0.1) is 20.8 Å². The Kier molecular flexibility index (Phi) is 8.23. The molecule has 0 bridgehead atoms. The molecule has 1 saturated heterocycles. The Hall–Kier alpha value is -1.47. The number of methoxy groups -OCH3 is 2. The number of nitrogens with zero attached hydrogens (tertiary/aromatic N) is 2. The van der Waals surface area contributed by atoms with Gasteiger partial charge in [-0.15, -0.1) is 0 Å². The SMILES string of the molecule is CCNC(=NCc1cc(OC)c(OC)cc1Br)NC1CN(C(C)C)CC1C. The molecule has 0 aliphatic carbocycles. The van der Waals surface area contributed by atoms with E-state index in [0.717, 1.165) is 35.6 Å². The number of ether oxygens (including phenoxy) is 2. The maximum Gasteiger partial charge on any atom is 0.191 e. The quantitative estimate of drug-likeness (QED) is 0.503. The summed E-state index contributed by atoms with van der Waals surface area (Å²) in [5.74, 6) is 2.85. The summed E-state index contributed by atoms with van der Waals surface area (Å²) in [6.45, 7) is 12.4. The molecule has 2 rings (SSSR count). The Morgan fingerprint density at radius 2 is 1.93 bits per heavy atom. The molecule has 1 aliphatic rings. The van der Waals surface area contributed by atoms with E-state index in [1.165, 1.54) is 0 Å². The van der Waals surface area contributed by atoms with Crippen LogP contribution in [0.5, 0.6) is 11.5 Å². The number of guanidine groups is 1. The summed E-state index contributed by atoms with van der Waals surface area (Å²) in [5.41, 5.74) is 1.05. The number of halogens is 1. The van der Waals surface area contributed by atoms with Gasteiger partial charge in [0.15, 0.2) is 17.5 Å². The van der Waals surface area contributed by atoms with Gasteiger partial charge in [-0.3, -0.25) is 4.90 Å². The first-order chi connectivity index (χ1) is 12.9. The van der Waals surface area contributed by atoms with Crippen LogP contribution in [0.1, 0.15) is 33.3 Å². The molecule has 1 heterocycles. The van der Waals surface area contributed by atoms with Crippen molar-refractivity contribution in [2.75, 3.05) is 33.9 Å². The normalized spacial score (nSPS) is 20.8. The van der Waals surface area contributed by atoms with Crippen molar-refractivity contribution in [3.63, 3.8) is 0 Å². The monoisotopic (exact) mass is 440 g/mol. The number of nitrogens with one attached hydrogen (secondary N) is 2. The van der Waals surface area contributed by atoms with Crippen molar-refractivity contribution in [3.8, 4) is 11.5 Å². The zero-order chi connectivity index (χ0) is 20.0. The summed E-state index contributed by atoms with van der Waals surface area (Å²) < 4.78 is 11.7. The van der Waals surface area contributed by atoms with E-state index < -0.39 is 0 Å². The van der Waals surface area contributed by atoms with Crippen LogP contribution in [0.15, 0.2) is 21.6 Å². The Labute approximate surface area is 171 Å². The third kappa shape index (κ3) is 5.75. The van der Waals surface area contributed by atoms with Crippen molar-refractivity contribution < 1.29 is 9.47 Å². The summed E-state index contributed by atoms with van der Waals surface area (Å²) >= 11 is 3.61. The van der Waals surface area contributed by atoms with E-state index in [4.69, 9.17) is 14.5 Å². The van der Waals surface area contributed by atoms with Crippen molar-refractivity contribution in [2.24, 2.45) is 10.9 Å². The lowest BCUT2D eigenvalue weighted by molar-refractivity contribution is 0.265. The maximum absolute atomic E-state index is 5.41. The lowest BCUT2D eigenvalue weighted by atomic mass is 10.1. The minimum atomic E-state index is 0.402. The van der Waals surface area contributed by atoms with Crippen LogP contribution in [-0.2, 0) is 6.54 Å². The molecule has 6 nitrogen and oxygen atoms in total. The van der Waals surface area contributed by atoms with Gasteiger partial charge in [-0.1, -0.05) is 22.9 Å². The number of likely N-dealkylation sites (tertiary alicyclic amines) is 1. The first kappa shape index (κ1) is 21.8. The first-order valence-electron chi connectivity index (χ1n) is 9.58. The highest BCUT2D eigenvalue weighted by Gasteiger charge is 2.31. The molecular formula is C20H33BrN4O2. The minimum absolute atomic E-state index is 0.402. The molecular weight excluding hydrogens is 408 g/mol. The molecule has 0 aromatic heterocycles. The second kappa shape index (κ2) is 10.2. The van der Waals surface area contributed by atoms with Gasteiger partial charge in [-0.05, 0) is 44.4 Å². The molecule has 1 aliphatic heterocycles. The third-order valence-electron chi connectivity index (χ3n) is 5.00. The maximum atomic E-state index is 5.41. The Morgan fingerprint density at radius 1 is 1.26 bits per heavy atom. The average Bonchev–Trinajstić information content (AvgIpc) is 3.01. The van der Waals surface area contributed by atoms with Crippen LogP contribution in [0.2, 0.25) is 0 Å². The topological polar surface area (TPSA) is 58.1 Å². The van der Waals surface area contributed by atoms with Crippen molar-refractivity contribution in [3.05, 3.63) is 22.2 Å². The summed E-state index contributed by atoms with van der Waals surface area (Å²) in [6.07, 6.45) is 0. The summed E-state index contributed by atoms with van der Waals surface area (Å²) in [6, 6.07) is 4.86. The van der Waals surface area contributed by atoms with Gasteiger partial charge < -0.3 is 20.1 Å². The number of benzene rings is 1. The van der Waals surface area contributed by atoms with Gasteiger partial charge in [0.1, 0.15) is 0 Å². The van der Waals surface area contributed by atoms with E-state index in [0.29, 0.717) is 36.0 Å². The van der Waals surface area contributed by atoms with Crippen molar-refractivity contribution in [1.82, 2.24) is 15.5 Å². The second-order valence-electron chi connectivity index (χ2n) is 7.27. The predicted octanol–water partition coefficient (Wildman–Crippen LogP) is 3.25. The third-order valence-corrected chi connectivity index (χ3v) is 5.74. The fraction of sp³-hybridized carbons (Fsp3) is 0.650. The molecule has 0 spiro atoms.